The molecule has 2 aliphatic heterocycles. The topological polar surface area (TPSA) is 91.3 Å². The molecule has 2 aliphatic rings. The van der Waals surface area contributed by atoms with Gasteiger partial charge in [0.2, 0.25) is 12.3 Å². The van der Waals surface area contributed by atoms with Gasteiger partial charge < -0.3 is 29.7 Å². The van der Waals surface area contributed by atoms with Crippen LogP contribution in [0.4, 0.5) is 11.4 Å². The maximum absolute atomic E-state index is 11.2. The first kappa shape index (κ1) is 24.0. The molecule has 1 atom stereocenters. The van der Waals surface area contributed by atoms with Crippen LogP contribution in [-0.2, 0) is 16.0 Å². The van der Waals surface area contributed by atoms with Crippen molar-refractivity contribution in [2.45, 2.75) is 32.3 Å². The highest BCUT2D eigenvalue weighted by Gasteiger charge is 2.24. The molecule has 0 spiro atoms. The number of carbonyl (C=O) groups excluding carboxylic acids is 2. The summed E-state index contributed by atoms with van der Waals surface area (Å²) in [5, 5.41) is 13.3. The van der Waals surface area contributed by atoms with Gasteiger partial charge in [-0.25, -0.2) is 0 Å². The normalized spacial score (nSPS) is 17.2. The molecule has 4 rings (SSSR count). The molecule has 0 radical (unpaired) electrons. The molecule has 2 aromatic carbocycles. The quantitative estimate of drug-likeness (QED) is 0.522. The Morgan fingerprint density at radius 1 is 1.15 bits per heavy atom. The maximum atomic E-state index is 11.2. The second-order valence-corrected chi connectivity index (χ2v) is 9.03. The fraction of sp³-hybridized carbons (Fsp3) is 0.462. The Bertz CT molecular complexity index is 973. The van der Waals surface area contributed by atoms with Crippen molar-refractivity contribution in [3.05, 3.63) is 48.0 Å². The van der Waals surface area contributed by atoms with Crippen LogP contribution in [0.15, 0.2) is 42.5 Å². The number of benzene rings is 2. The number of aliphatic hydroxyl groups is 1. The Morgan fingerprint density at radius 2 is 1.91 bits per heavy atom. The third-order valence-corrected chi connectivity index (χ3v) is 6.42. The van der Waals surface area contributed by atoms with E-state index in [1.165, 1.54) is 6.92 Å². The smallest absolute Gasteiger partial charge is 0.221 e. The minimum absolute atomic E-state index is 0.0911. The van der Waals surface area contributed by atoms with Crippen LogP contribution in [0.25, 0.3) is 0 Å². The van der Waals surface area contributed by atoms with Crippen LogP contribution in [0, 0.1) is 5.92 Å². The van der Waals surface area contributed by atoms with E-state index in [1.54, 1.807) is 4.90 Å². The Balaban J connectivity index is 1.16. The number of nitrogens with zero attached hydrogens (tertiary/aromatic N) is 2. The molecule has 1 fully saturated rings. The number of amides is 2. The van der Waals surface area contributed by atoms with Gasteiger partial charge in [-0.1, -0.05) is 6.07 Å². The Hall–Kier alpha value is -3.10. The van der Waals surface area contributed by atoms with Crippen molar-refractivity contribution in [3.63, 3.8) is 0 Å². The van der Waals surface area contributed by atoms with Gasteiger partial charge in [0.05, 0.1) is 12.3 Å². The van der Waals surface area contributed by atoms with Gasteiger partial charge in [0, 0.05) is 31.3 Å². The molecule has 1 unspecified atom stereocenters. The SMILES string of the molecule is CC(=O)Nc1ccc(OCC2CCN(CC(O)COc3cccc4c3CCN4C=O)CC2)cc1. The number of ether oxygens (including phenoxy) is 2. The first-order valence-corrected chi connectivity index (χ1v) is 11.9. The van der Waals surface area contributed by atoms with Crippen LogP contribution >= 0.6 is 0 Å². The number of anilines is 2. The van der Waals surface area contributed by atoms with Crippen LogP contribution in [0.1, 0.15) is 25.3 Å². The van der Waals surface area contributed by atoms with E-state index < -0.39 is 6.10 Å². The summed E-state index contributed by atoms with van der Waals surface area (Å²) < 4.78 is 11.9. The lowest BCUT2D eigenvalue weighted by atomic mass is 9.97. The molecule has 34 heavy (non-hydrogen) atoms. The zero-order chi connectivity index (χ0) is 23.9. The third kappa shape index (κ3) is 6.27. The van der Waals surface area contributed by atoms with Crippen molar-refractivity contribution in [2.24, 2.45) is 5.92 Å². The monoisotopic (exact) mass is 467 g/mol. The number of fused-ring (bicyclic) bond motifs is 1. The van der Waals surface area contributed by atoms with Crippen LogP contribution in [0.2, 0.25) is 0 Å². The van der Waals surface area contributed by atoms with Crippen LogP contribution < -0.4 is 19.7 Å². The highest BCUT2D eigenvalue weighted by molar-refractivity contribution is 5.88. The van der Waals surface area contributed by atoms with E-state index in [0.29, 0.717) is 25.6 Å². The van der Waals surface area contributed by atoms with Crippen molar-refractivity contribution in [3.8, 4) is 11.5 Å². The standard InChI is InChI=1S/C26H33N3O5/c1-19(31)27-21-5-7-23(8-6-21)33-16-20-9-12-28(13-10-20)15-22(32)17-34-26-4-2-3-25-24(26)11-14-29(25)18-30/h2-8,18,20,22,32H,9-17H2,1H3,(H,27,31). The molecule has 8 nitrogen and oxygen atoms in total. The number of β-amino-alcohol motifs (C(OH)–C–C–N with tert-alkyl or cyclic N) is 1. The largest absolute Gasteiger partial charge is 0.493 e. The number of hydrogen-bond donors (Lipinski definition) is 2. The number of nitrogens with one attached hydrogen (secondary N) is 1. The van der Waals surface area contributed by atoms with E-state index in [-0.39, 0.29) is 12.5 Å². The van der Waals surface area contributed by atoms with Gasteiger partial charge >= 0.3 is 0 Å². The molecule has 2 heterocycles. The minimum atomic E-state index is -0.575. The fourth-order valence-corrected chi connectivity index (χ4v) is 4.60. The summed E-state index contributed by atoms with van der Waals surface area (Å²) >= 11 is 0. The molecule has 0 bridgehead atoms. The van der Waals surface area contributed by atoms with E-state index in [1.807, 2.05) is 42.5 Å². The van der Waals surface area contributed by atoms with E-state index >= 15 is 0 Å². The number of rotatable bonds is 10. The number of piperidine rings is 1. The van der Waals surface area contributed by atoms with Gasteiger partial charge in [-0.3, -0.25) is 9.59 Å². The summed E-state index contributed by atoms with van der Waals surface area (Å²) in [5.74, 6) is 1.94. The molecule has 0 aliphatic carbocycles. The Morgan fingerprint density at radius 3 is 2.62 bits per heavy atom. The van der Waals surface area contributed by atoms with Crippen molar-refractivity contribution in [2.75, 3.05) is 49.6 Å². The molecular formula is C26H33N3O5. The fourth-order valence-electron chi connectivity index (χ4n) is 4.60. The summed E-state index contributed by atoms with van der Waals surface area (Å²) in [6.07, 6.45) is 3.09. The second kappa shape index (κ2) is 11.4. The van der Waals surface area contributed by atoms with Crippen molar-refractivity contribution < 1.29 is 24.2 Å². The molecule has 2 amide bonds. The predicted molar refractivity (Wildman–Crippen MR) is 130 cm³/mol. The van der Waals surface area contributed by atoms with E-state index in [4.69, 9.17) is 9.47 Å². The van der Waals surface area contributed by atoms with Crippen molar-refractivity contribution in [1.29, 1.82) is 0 Å². The molecule has 0 aromatic heterocycles. The summed E-state index contributed by atoms with van der Waals surface area (Å²) in [7, 11) is 0. The van der Waals surface area contributed by atoms with Gasteiger partial charge in [0.15, 0.2) is 0 Å². The number of hydrogen-bond acceptors (Lipinski definition) is 6. The average Bonchev–Trinajstić information content (AvgIpc) is 3.27. The number of likely N-dealkylation sites (tertiary alicyclic amines) is 1. The van der Waals surface area contributed by atoms with Crippen LogP contribution in [-0.4, -0.2) is 67.8 Å². The lowest BCUT2D eigenvalue weighted by Crippen LogP contribution is -2.41. The lowest BCUT2D eigenvalue weighted by Gasteiger charge is -2.33. The summed E-state index contributed by atoms with van der Waals surface area (Å²) in [6.45, 7) is 5.46. The summed E-state index contributed by atoms with van der Waals surface area (Å²) in [5.41, 5.74) is 2.69. The van der Waals surface area contributed by atoms with Crippen LogP contribution in [0.5, 0.6) is 11.5 Å². The van der Waals surface area contributed by atoms with Gasteiger partial charge in [-0.05, 0) is 74.7 Å². The van der Waals surface area contributed by atoms with Gasteiger partial charge in [-0.15, -0.1) is 0 Å². The minimum Gasteiger partial charge on any atom is -0.493 e. The first-order chi connectivity index (χ1) is 16.5. The zero-order valence-electron chi connectivity index (χ0n) is 19.6. The number of aliphatic hydroxyl groups excluding tert-OH is 1. The molecule has 2 N–H and O–H groups in total. The molecular weight excluding hydrogens is 434 g/mol. The number of carbonyl (C=O) groups is 2. The maximum Gasteiger partial charge on any atom is 0.221 e. The van der Waals surface area contributed by atoms with Gasteiger partial charge in [0.1, 0.15) is 24.2 Å². The average molecular weight is 468 g/mol. The van der Waals surface area contributed by atoms with Gasteiger partial charge in [-0.2, -0.15) is 0 Å². The van der Waals surface area contributed by atoms with Gasteiger partial charge in [0.25, 0.3) is 0 Å². The zero-order valence-corrected chi connectivity index (χ0v) is 19.6. The van der Waals surface area contributed by atoms with E-state index in [0.717, 1.165) is 67.2 Å². The molecule has 182 valence electrons. The van der Waals surface area contributed by atoms with Crippen molar-refractivity contribution >= 4 is 23.7 Å². The van der Waals surface area contributed by atoms with E-state index in [2.05, 4.69) is 10.2 Å². The first-order valence-electron chi connectivity index (χ1n) is 11.9. The molecule has 8 heteroatoms. The molecule has 2 aromatic rings. The Labute approximate surface area is 200 Å². The van der Waals surface area contributed by atoms with Crippen molar-refractivity contribution in [1.82, 2.24) is 4.90 Å². The highest BCUT2D eigenvalue weighted by atomic mass is 16.5. The molecule has 1 saturated heterocycles. The van der Waals surface area contributed by atoms with E-state index in [9.17, 15) is 14.7 Å². The Kier molecular flexibility index (Phi) is 8.03. The molecule has 0 saturated carbocycles. The highest BCUT2D eigenvalue weighted by Crippen LogP contribution is 2.34. The summed E-state index contributed by atoms with van der Waals surface area (Å²) in [4.78, 5) is 26.2. The predicted octanol–water partition coefficient (Wildman–Crippen LogP) is 2.69. The summed E-state index contributed by atoms with van der Waals surface area (Å²) in [6, 6.07) is 13.1. The van der Waals surface area contributed by atoms with Crippen LogP contribution in [0.3, 0.4) is 0 Å². The third-order valence-electron chi connectivity index (χ3n) is 6.42. The second-order valence-electron chi connectivity index (χ2n) is 9.03. The lowest BCUT2D eigenvalue weighted by molar-refractivity contribution is -0.114.